The van der Waals surface area contributed by atoms with Gasteiger partial charge in [0.05, 0.1) is 23.5 Å². The third-order valence-corrected chi connectivity index (χ3v) is 7.88. The average molecular weight is 506 g/mol. The second-order valence-corrected chi connectivity index (χ2v) is 10.5. The predicted molar refractivity (Wildman–Crippen MR) is 124 cm³/mol. The number of halogens is 3. The maximum Gasteiger partial charge on any atom is 0.416 e. The molecule has 35 heavy (non-hydrogen) atoms. The van der Waals surface area contributed by atoms with Gasteiger partial charge in [-0.15, -0.1) is 0 Å². The Bertz CT molecular complexity index is 1290. The van der Waals surface area contributed by atoms with Crippen LogP contribution in [0.5, 0.6) is 0 Å². The van der Waals surface area contributed by atoms with E-state index >= 15 is 0 Å². The van der Waals surface area contributed by atoms with Crippen molar-refractivity contribution in [1.29, 1.82) is 0 Å². The highest BCUT2D eigenvalue weighted by molar-refractivity contribution is 7.89. The number of amides is 1. The average Bonchev–Trinajstić information content (AvgIpc) is 3.58. The van der Waals surface area contributed by atoms with E-state index in [0.717, 1.165) is 33.8 Å². The van der Waals surface area contributed by atoms with Gasteiger partial charge in [-0.2, -0.15) is 17.5 Å². The number of sulfonamides is 1. The van der Waals surface area contributed by atoms with E-state index in [-0.39, 0.29) is 13.1 Å². The van der Waals surface area contributed by atoms with Crippen LogP contribution in [0.4, 0.5) is 13.2 Å². The molecule has 1 aromatic heterocycles. The molecule has 0 spiro atoms. The van der Waals surface area contributed by atoms with Crippen LogP contribution in [0.3, 0.4) is 0 Å². The van der Waals surface area contributed by atoms with Gasteiger partial charge in [-0.3, -0.25) is 4.79 Å². The van der Waals surface area contributed by atoms with Crippen molar-refractivity contribution in [2.24, 2.45) is 7.05 Å². The Morgan fingerprint density at radius 1 is 1.00 bits per heavy atom. The number of aryl methyl sites for hydroxylation is 1. The largest absolute Gasteiger partial charge is 0.416 e. The zero-order valence-electron chi connectivity index (χ0n) is 19.1. The molecular weight excluding hydrogens is 479 g/mol. The predicted octanol–water partition coefficient (Wildman–Crippen LogP) is 4.43. The molecule has 0 N–H and O–H groups in total. The van der Waals surface area contributed by atoms with Crippen LogP contribution < -0.4 is 0 Å². The number of benzene rings is 2. The molecule has 0 atom stereocenters. The van der Waals surface area contributed by atoms with Crippen LogP contribution in [-0.2, 0) is 41.1 Å². The number of rotatable bonds is 9. The summed E-state index contributed by atoms with van der Waals surface area (Å²) in [5.41, 5.74) is 0.705. The highest BCUT2D eigenvalue weighted by atomic mass is 32.2. The van der Waals surface area contributed by atoms with Crippen molar-refractivity contribution in [3.63, 3.8) is 0 Å². The fraction of sp³-hybridized carbons (Fsp3) is 0.320. The summed E-state index contributed by atoms with van der Waals surface area (Å²) in [7, 11) is -2.46. The van der Waals surface area contributed by atoms with Crippen molar-refractivity contribution in [2.45, 2.75) is 43.0 Å². The van der Waals surface area contributed by atoms with Gasteiger partial charge >= 0.3 is 6.18 Å². The van der Waals surface area contributed by atoms with Gasteiger partial charge < -0.3 is 9.47 Å². The first-order valence-electron chi connectivity index (χ1n) is 11.2. The van der Waals surface area contributed by atoms with E-state index in [9.17, 15) is 26.4 Å². The molecule has 6 nitrogen and oxygen atoms in total. The van der Waals surface area contributed by atoms with E-state index in [2.05, 4.69) is 0 Å². The smallest absolute Gasteiger partial charge is 0.353 e. The lowest BCUT2D eigenvalue weighted by Crippen LogP contribution is -2.43. The zero-order chi connectivity index (χ0) is 25.2. The van der Waals surface area contributed by atoms with E-state index in [1.54, 1.807) is 4.90 Å². The molecule has 4 rings (SSSR count). The van der Waals surface area contributed by atoms with E-state index < -0.39 is 45.2 Å². The van der Waals surface area contributed by atoms with Gasteiger partial charge in [-0.05, 0) is 48.7 Å². The van der Waals surface area contributed by atoms with Crippen molar-refractivity contribution in [2.75, 3.05) is 6.54 Å². The molecule has 0 saturated heterocycles. The van der Waals surface area contributed by atoms with Crippen LogP contribution in [-0.4, -0.2) is 40.7 Å². The van der Waals surface area contributed by atoms with Crippen LogP contribution in [0, 0.1) is 0 Å². The van der Waals surface area contributed by atoms with Gasteiger partial charge in [0.25, 0.3) is 0 Å². The fourth-order valence-corrected chi connectivity index (χ4v) is 5.55. The highest BCUT2D eigenvalue weighted by Gasteiger charge is 2.41. The molecule has 1 aliphatic carbocycles. The second-order valence-electron chi connectivity index (χ2n) is 8.65. The Morgan fingerprint density at radius 3 is 2.31 bits per heavy atom. The molecule has 1 saturated carbocycles. The molecule has 0 aliphatic heterocycles. The number of hydrogen-bond donors (Lipinski definition) is 0. The molecule has 0 unspecified atom stereocenters. The van der Waals surface area contributed by atoms with Crippen LogP contribution in [0.15, 0.2) is 77.8 Å². The first kappa shape index (κ1) is 25.0. The summed E-state index contributed by atoms with van der Waals surface area (Å²) < 4.78 is 69.2. The lowest BCUT2D eigenvalue weighted by molar-refractivity contribution is -0.137. The summed E-state index contributed by atoms with van der Waals surface area (Å²) in [6, 6.07) is 16.3. The molecule has 1 aliphatic rings. The SMILES string of the molecule is Cn1cccc1CN(Cc1ccccc1)C(=O)CN(C1CC1)S(=O)(=O)c1cccc(C(F)(F)F)c1. The molecule has 10 heteroatoms. The first-order valence-corrected chi connectivity index (χ1v) is 12.6. The monoisotopic (exact) mass is 505 g/mol. The highest BCUT2D eigenvalue weighted by Crippen LogP contribution is 2.35. The topological polar surface area (TPSA) is 62.6 Å². The summed E-state index contributed by atoms with van der Waals surface area (Å²) in [6.45, 7) is 0.0901. The molecule has 2 aromatic carbocycles. The van der Waals surface area contributed by atoms with E-state index in [1.807, 2.05) is 60.3 Å². The molecule has 1 amide bonds. The number of alkyl halides is 3. The Kier molecular flexibility index (Phi) is 7.05. The van der Waals surface area contributed by atoms with Crippen molar-refractivity contribution >= 4 is 15.9 Å². The summed E-state index contributed by atoms with van der Waals surface area (Å²) in [5.74, 6) is -0.419. The fourth-order valence-electron chi connectivity index (χ4n) is 3.87. The lowest BCUT2D eigenvalue weighted by atomic mass is 10.2. The number of carbonyl (C=O) groups is 1. The van der Waals surface area contributed by atoms with Gasteiger partial charge in [0.2, 0.25) is 15.9 Å². The van der Waals surface area contributed by atoms with Crippen LogP contribution >= 0.6 is 0 Å². The summed E-state index contributed by atoms with van der Waals surface area (Å²) in [5, 5.41) is 0. The molecular formula is C25H26F3N3O3S. The van der Waals surface area contributed by atoms with Gasteiger partial charge in [0, 0.05) is 31.5 Å². The van der Waals surface area contributed by atoms with Gasteiger partial charge in [-0.25, -0.2) is 8.42 Å². The summed E-state index contributed by atoms with van der Waals surface area (Å²) >= 11 is 0. The van der Waals surface area contributed by atoms with Crippen molar-refractivity contribution < 1.29 is 26.4 Å². The Balaban J connectivity index is 1.61. The minimum absolute atomic E-state index is 0.263. The normalized spacial score (nSPS) is 14.3. The first-order chi connectivity index (χ1) is 16.6. The van der Waals surface area contributed by atoms with Crippen LogP contribution in [0.2, 0.25) is 0 Å². The number of aromatic nitrogens is 1. The Labute approximate surface area is 202 Å². The van der Waals surface area contributed by atoms with Gasteiger partial charge in [0.1, 0.15) is 0 Å². The van der Waals surface area contributed by atoms with Crippen molar-refractivity contribution in [1.82, 2.24) is 13.8 Å². The summed E-state index contributed by atoms with van der Waals surface area (Å²) in [4.78, 5) is 14.6. The Hall–Kier alpha value is -3.11. The maximum absolute atomic E-state index is 13.5. The zero-order valence-corrected chi connectivity index (χ0v) is 20.0. The number of nitrogens with zero attached hydrogens (tertiary/aromatic N) is 3. The third-order valence-electron chi connectivity index (χ3n) is 5.99. The molecule has 1 heterocycles. The second kappa shape index (κ2) is 9.87. The van der Waals surface area contributed by atoms with Crippen LogP contribution in [0.1, 0.15) is 29.7 Å². The number of carbonyl (C=O) groups excluding carboxylic acids is 1. The van der Waals surface area contributed by atoms with E-state index in [4.69, 9.17) is 0 Å². The van der Waals surface area contributed by atoms with Crippen LogP contribution in [0.25, 0.3) is 0 Å². The quantitative estimate of drug-likeness (QED) is 0.432. The van der Waals surface area contributed by atoms with Crippen molar-refractivity contribution in [3.05, 3.63) is 89.7 Å². The molecule has 0 bridgehead atoms. The van der Waals surface area contributed by atoms with Gasteiger partial charge in [-0.1, -0.05) is 36.4 Å². The molecule has 0 radical (unpaired) electrons. The molecule has 1 fully saturated rings. The van der Waals surface area contributed by atoms with Gasteiger partial charge in [0.15, 0.2) is 0 Å². The van der Waals surface area contributed by atoms with E-state index in [1.165, 1.54) is 0 Å². The van der Waals surface area contributed by atoms with E-state index in [0.29, 0.717) is 18.9 Å². The summed E-state index contributed by atoms with van der Waals surface area (Å²) in [6.07, 6.45) is -1.70. The minimum atomic E-state index is -4.67. The number of hydrogen-bond acceptors (Lipinski definition) is 3. The lowest BCUT2D eigenvalue weighted by Gasteiger charge is -2.28. The standard InChI is InChI=1S/C25H26F3N3O3S/c1-29-14-6-10-22(29)17-30(16-19-7-3-2-4-8-19)24(32)18-31(21-12-13-21)35(33,34)23-11-5-9-20(15-23)25(26,27)28/h2-11,14-15,21H,12-13,16-18H2,1H3. The maximum atomic E-state index is 13.5. The minimum Gasteiger partial charge on any atom is -0.353 e. The Morgan fingerprint density at radius 2 is 1.71 bits per heavy atom. The van der Waals surface area contributed by atoms with Crippen molar-refractivity contribution in [3.8, 4) is 0 Å². The third kappa shape index (κ3) is 5.94. The molecule has 186 valence electrons. The molecule has 3 aromatic rings.